The highest BCUT2D eigenvalue weighted by atomic mass is 35.5. The summed E-state index contributed by atoms with van der Waals surface area (Å²) < 4.78 is 0. The molecule has 2 rings (SSSR count). The van der Waals surface area contributed by atoms with Gasteiger partial charge in [-0.3, -0.25) is 0 Å². The third kappa shape index (κ3) is 4.37. The lowest BCUT2D eigenvalue weighted by atomic mass is 9.84. The Bertz CT molecular complexity index is 459. The number of nitrogens with one attached hydrogen (secondary N) is 1. The van der Waals surface area contributed by atoms with Crippen LogP contribution >= 0.6 is 11.6 Å². The van der Waals surface area contributed by atoms with Gasteiger partial charge in [-0.1, -0.05) is 45.2 Å². The number of halogens is 1. The van der Waals surface area contributed by atoms with Crippen LogP contribution in [0.1, 0.15) is 52.0 Å². The zero-order valence-electron chi connectivity index (χ0n) is 13.8. The molecule has 0 spiro atoms. The first-order valence-electron chi connectivity index (χ1n) is 8.23. The van der Waals surface area contributed by atoms with Crippen molar-refractivity contribution in [2.45, 2.75) is 65.1 Å². The number of rotatable bonds is 5. The molecule has 0 aromatic heterocycles. The molecule has 2 nitrogen and oxygen atoms in total. The van der Waals surface area contributed by atoms with Crippen molar-refractivity contribution in [2.24, 2.45) is 5.92 Å². The van der Waals surface area contributed by atoms with Crippen molar-refractivity contribution >= 4 is 17.3 Å². The SMILES string of the molecule is CC(C)NCc1cc(Cl)ccc1N(C)C1CCCCC1C. The minimum absolute atomic E-state index is 0.482. The summed E-state index contributed by atoms with van der Waals surface area (Å²) in [7, 11) is 2.24. The number of anilines is 1. The van der Waals surface area contributed by atoms with Gasteiger partial charge >= 0.3 is 0 Å². The van der Waals surface area contributed by atoms with Crippen LogP contribution < -0.4 is 10.2 Å². The Kier molecular flexibility index (Phi) is 5.95. The smallest absolute Gasteiger partial charge is 0.0412 e. The van der Waals surface area contributed by atoms with Gasteiger partial charge in [-0.05, 0) is 42.5 Å². The zero-order chi connectivity index (χ0) is 15.4. The number of nitrogens with zero attached hydrogens (tertiary/aromatic N) is 1. The minimum Gasteiger partial charge on any atom is -0.371 e. The van der Waals surface area contributed by atoms with E-state index in [0.717, 1.165) is 17.5 Å². The predicted octanol–water partition coefficient (Wildman–Crippen LogP) is 4.85. The molecular formula is C18H29ClN2. The van der Waals surface area contributed by atoms with Crippen LogP contribution in [0.15, 0.2) is 18.2 Å². The lowest BCUT2D eigenvalue weighted by Crippen LogP contribution is -2.39. The Labute approximate surface area is 134 Å². The summed E-state index contributed by atoms with van der Waals surface area (Å²) in [4.78, 5) is 2.48. The molecule has 0 saturated heterocycles. The monoisotopic (exact) mass is 308 g/mol. The Hall–Kier alpha value is -0.730. The zero-order valence-corrected chi connectivity index (χ0v) is 14.6. The van der Waals surface area contributed by atoms with Crippen LogP contribution in [0.5, 0.6) is 0 Å². The van der Waals surface area contributed by atoms with Gasteiger partial charge in [-0.25, -0.2) is 0 Å². The molecule has 1 aliphatic rings. The van der Waals surface area contributed by atoms with Crippen molar-refractivity contribution in [3.05, 3.63) is 28.8 Å². The van der Waals surface area contributed by atoms with E-state index in [0.29, 0.717) is 12.1 Å². The van der Waals surface area contributed by atoms with E-state index in [2.05, 4.69) is 50.2 Å². The van der Waals surface area contributed by atoms with Gasteiger partial charge in [0.15, 0.2) is 0 Å². The quantitative estimate of drug-likeness (QED) is 0.836. The first-order valence-corrected chi connectivity index (χ1v) is 8.61. The average Bonchev–Trinajstić information content (AvgIpc) is 2.45. The van der Waals surface area contributed by atoms with Crippen molar-refractivity contribution in [3.63, 3.8) is 0 Å². The van der Waals surface area contributed by atoms with Gasteiger partial charge in [-0.2, -0.15) is 0 Å². The fourth-order valence-electron chi connectivity index (χ4n) is 3.40. The molecule has 1 saturated carbocycles. The molecule has 1 fully saturated rings. The van der Waals surface area contributed by atoms with Crippen molar-refractivity contribution in [1.29, 1.82) is 0 Å². The molecule has 21 heavy (non-hydrogen) atoms. The first kappa shape index (κ1) is 16.6. The standard InChI is InChI=1S/C18H29ClN2/c1-13(2)20-12-15-11-16(19)9-10-18(15)21(4)17-8-6-5-7-14(17)3/h9-11,13-14,17,20H,5-8,12H2,1-4H3. The van der Waals surface area contributed by atoms with Crippen LogP contribution in [-0.2, 0) is 6.54 Å². The molecule has 0 bridgehead atoms. The Morgan fingerprint density at radius 3 is 2.67 bits per heavy atom. The normalized spacial score (nSPS) is 22.6. The fraction of sp³-hybridized carbons (Fsp3) is 0.667. The van der Waals surface area contributed by atoms with Crippen LogP contribution in [0, 0.1) is 5.92 Å². The van der Waals surface area contributed by atoms with Crippen LogP contribution in [0.2, 0.25) is 5.02 Å². The molecule has 1 aromatic rings. The molecule has 1 aliphatic carbocycles. The van der Waals surface area contributed by atoms with E-state index in [1.54, 1.807) is 0 Å². The van der Waals surface area contributed by atoms with Gasteiger partial charge in [0.25, 0.3) is 0 Å². The lowest BCUT2D eigenvalue weighted by Gasteiger charge is -2.38. The number of hydrogen-bond donors (Lipinski definition) is 1. The van der Waals surface area contributed by atoms with Gasteiger partial charge in [-0.15, -0.1) is 0 Å². The maximum absolute atomic E-state index is 6.20. The van der Waals surface area contributed by atoms with E-state index in [9.17, 15) is 0 Å². The predicted molar refractivity (Wildman–Crippen MR) is 93.3 cm³/mol. The average molecular weight is 309 g/mol. The molecule has 3 heteroatoms. The largest absolute Gasteiger partial charge is 0.371 e. The fourth-order valence-corrected chi connectivity index (χ4v) is 3.60. The highest BCUT2D eigenvalue weighted by Crippen LogP contribution is 2.33. The highest BCUT2D eigenvalue weighted by molar-refractivity contribution is 6.30. The molecule has 0 radical (unpaired) electrons. The Balaban J connectivity index is 2.20. The van der Waals surface area contributed by atoms with Crippen molar-refractivity contribution in [1.82, 2.24) is 5.32 Å². The van der Waals surface area contributed by atoms with Crippen LogP contribution in [0.25, 0.3) is 0 Å². The summed E-state index contributed by atoms with van der Waals surface area (Å²) >= 11 is 6.20. The highest BCUT2D eigenvalue weighted by Gasteiger charge is 2.26. The number of benzene rings is 1. The van der Waals surface area contributed by atoms with Crippen molar-refractivity contribution < 1.29 is 0 Å². The second kappa shape index (κ2) is 7.51. The number of hydrogen-bond acceptors (Lipinski definition) is 2. The third-order valence-electron chi connectivity index (χ3n) is 4.69. The van der Waals surface area contributed by atoms with Crippen LogP contribution in [-0.4, -0.2) is 19.1 Å². The van der Waals surface area contributed by atoms with Gasteiger partial charge < -0.3 is 10.2 Å². The minimum atomic E-state index is 0.482. The Morgan fingerprint density at radius 2 is 2.00 bits per heavy atom. The molecule has 1 N–H and O–H groups in total. The maximum Gasteiger partial charge on any atom is 0.0412 e. The Morgan fingerprint density at radius 1 is 1.29 bits per heavy atom. The molecule has 118 valence electrons. The van der Waals surface area contributed by atoms with Crippen LogP contribution in [0.3, 0.4) is 0 Å². The molecule has 0 amide bonds. The van der Waals surface area contributed by atoms with E-state index >= 15 is 0 Å². The van der Waals surface area contributed by atoms with Gasteiger partial charge in [0.2, 0.25) is 0 Å². The lowest BCUT2D eigenvalue weighted by molar-refractivity contribution is 0.321. The molecule has 0 aliphatic heterocycles. The van der Waals surface area contributed by atoms with Crippen molar-refractivity contribution in [2.75, 3.05) is 11.9 Å². The van der Waals surface area contributed by atoms with Gasteiger partial charge in [0.1, 0.15) is 0 Å². The van der Waals surface area contributed by atoms with E-state index in [-0.39, 0.29) is 0 Å². The maximum atomic E-state index is 6.20. The van der Waals surface area contributed by atoms with E-state index in [1.165, 1.54) is 36.9 Å². The summed E-state index contributed by atoms with van der Waals surface area (Å²) in [6.45, 7) is 7.62. The summed E-state index contributed by atoms with van der Waals surface area (Å²) in [5, 5.41) is 4.34. The third-order valence-corrected chi connectivity index (χ3v) is 4.92. The molecule has 2 unspecified atom stereocenters. The second-order valence-electron chi connectivity index (χ2n) is 6.75. The molecular weight excluding hydrogens is 280 g/mol. The first-order chi connectivity index (χ1) is 9.99. The summed E-state index contributed by atoms with van der Waals surface area (Å²) in [6, 6.07) is 7.44. The summed E-state index contributed by atoms with van der Waals surface area (Å²) in [5.74, 6) is 0.769. The summed E-state index contributed by atoms with van der Waals surface area (Å²) in [5.41, 5.74) is 2.63. The van der Waals surface area contributed by atoms with Crippen LogP contribution in [0.4, 0.5) is 5.69 Å². The van der Waals surface area contributed by atoms with Gasteiger partial charge in [0, 0.05) is 36.4 Å². The van der Waals surface area contributed by atoms with E-state index in [4.69, 9.17) is 11.6 Å². The van der Waals surface area contributed by atoms with Gasteiger partial charge in [0.05, 0.1) is 0 Å². The van der Waals surface area contributed by atoms with E-state index in [1.807, 2.05) is 6.07 Å². The van der Waals surface area contributed by atoms with E-state index < -0.39 is 0 Å². The molecule has 2 atom stereocenters. The second-order valence-corrected chi connectivity index (χ2v) is 7.19. The topological polar surface area (TPSA) is 15.3 Å². The summed E-state index contributed by atoms with van der Waals surface area (Å²) in [6.07, 6.45) is 5.39. The molecule has 1 aromatic carbocycles. The molecule has 0 heterocycles. The van der Waals surface area contributed by atoms with Crippen molar-refractivity contribution in [3.8, 4) is 0 Å².